The lowest BCUT2D eigenvalue weighted by atomic mass is 10.1. The van der Waals surface area contributed by atoms with Crippen LogP contribution in [0.15, 0.2) is 60.7 Å². The van der Waals surface area contributed by atoms with Gasteiger partial charge in [0, 0.05) is 12.1 Å². The maximum absolute atomic E-state index is 12.0. The molecule has 0 bridgehead atoms. The smallest absolute Gasteiger partial charge is 0.331 e. The standard InChI is InChI=1S/C20H22N2O5/c23-13-17(22-19(25)16-9-5-2-6-10-16)20(26)27-14-18(24)21-12-11-15-7-3-1-4-8-15/h1-10,17,23H,11-14H2,(H,21,24)(H,22,25). The van der Waals surface area contributed by atoms with Crippen molar-refractivity contribution in [3.8, 4) is 0 Å². The van der Waals surface area contributed by atoms with E-state index in [2.05, 4.69) is 10.6 Å². The van der Waals surface area contributed by atoms with Crippen molar-refractivity contribution < 1.29 is 24.2 Å². The lowest BCUT2D eigenvalue weighted by molar-refractivity contribution is -0.151. The van der Waals surface area contributed by atoms with Gasteiger partial charge >= 0.3 is 5.97 Å². The summed E-state index contributed by atoms with van der Waals surface area (Å²) >= 11 is 0. The van der Waals surface area contributed by atoms with E-state index in [1.807, 2.05) is 30.3 Å². The number of rotatable bonds is 9. The van der Waals surface area contributed by atoms with Crippen molar-refractivity contribution in [2.24, 2.45) is 0 Å². The Kier molecular flexibility index (Phi) is 7.99. The zero-order chi connectivity index (χ0) is 19.5. The zero-order valence-electron chi connectivity index (χ0n) is 14.8. The zero-order valence-corrected chi connectivity index (χ0v) is 14.8. The summed E-state index contributed by atoms with van der Waals surface area (Å²) < 4.78 is 4.87. The summed E-state index contributed by atoms with van der Waals surface area (Å²) in [5, 5.41) is 14.3. The summed E-state index contributed by atoms with van der Waals surface area (Å²) in [7, 11) is 0. The van der Waals surface area contributed by atoms with Crippen molar-refractivity contribution in [3.63, 3.8) is 0 Å². The summed E-state index contributed by atoms with van der Waals surface area (Å²) in [4.78, 5) is 35.7. The van der Waals surface area contributed by atoms with Crippen molar-refractivity contribution in [1.82, 2.24) is 10.6 Å². The van der Waals surface area contributed by atoms with E-state index in [1.165, 1.54) is 0 Å². The van der Waals surface area contributed by atoms with Gasteiger partial charge in [-0.25, -0.2) is 4.79 Å². The molecule has 2 aromatic rings. The molecule has 7 heteroatoms. The van der Waals surface area contributed by atoms with E-state index in [9.17, 15) is 19.5 Å². The van der Waals surface area contributed by atoms with Gasteiger partial charge in [0.05, 0.1) is 6.61 Å². The number of aliphatic hydroxyl groups is 1. The number of hydrogen-bond donors (Lipinski definition) is 3. The molecule has 0 fully saturated rings. The van der Waals surface area contributed by atoms with Crippen molar-refractivity contribution in [1.29, 1.82) is 0 Å². The van der Waals surface area contributed by atoms with Gasteiger partial charge in [-0.1, -0.05) is 48.5 Å². The molecule has 0 saturated heterocycles. The van der Waals surface area contributed by atoms with Gasteiger partial charge in [0.15, 0.2) is 12.6 Å². The van der Waals surface area contributed by atoms with Gasteiger partial charge in [-0.2, -0.15) is 0 Å². The normalized spacial score (nSPS) is 11.3. The molecule has 0 aliphatic carbocycles. The third-order valence-electron chi connectivity index (χ3n) is 3.73. The first-order chi connectivity index (χ1) is 13.1. The molecule has 142 valence electrons. The Balaban J connectivity index is 1.72. The molecular formula is C20H22N2O5. The Bertz CT molecular complexity index is 749. The summed E-state index contributed by atoms with van der Waals surface area (Å²) in [5.41, 5.74) is 1.43. The number of nitrogens with one attached hydrogen (secondary N) is 2. The number of amides is 2. The van der Waals surface area contributed by atoms with Gasteiger partial charge < -0.3 is 20.5 Å². The topological polar surface area (TPSA) is 105 Å². The molecule has 3 N–H and O–H groups in total. The molecule has 2 aromatic carbocycles. The van der Waals surface area contributed by atoms with Crippen LogP contribution in [0.25, 0.3) is 0 Å². The lowest BCUT2D eigenvalue weighted by Crippen LogP contribution is -2.45. The van der Waals surface area contributed by atoms with Crippen LogP contribution in [0.2, 0.25) is 0 Å². The second-order valence-electron chi connectivity index (χ2n) is 5.77. The van der Waals surface area contributed by atoms with Gasteiger partial charge in [-0.05, 0) is 24.1 Å². The van der Waals surface area contributed by atoms with Crippen LogP contribution < -0.4 is 10.6 Å². The predicted octanol–water partition coefficient (Wildman–Crippen LogP) is 0.679. The van der Waals surface area contributed by atoms with Gasteiger partial charge in [0.25, 0.3) is 11.8 Å². The Morgan fingerprint density at radius 1 is 0.963 bits per heavy atom. The number of benzene rings is 2. The van der Waals surface area contributed by atoms with Crippen LogP contribution in [0.1, 0.15) is 15.9 Å². The molecule has 7 nitrogen and oxygen atoms in total. The van der Waals surface area contributed by atoms with Crippen LogP contribution in [0.5, 0.6) is 0 Å². The van der Waals surface area contributed by atoms with Crippen LogP contribution in [-0.2, 0) is 20.7 Å². The van der Waals surface area contributed by atoms with E-state index in [1.54, 1.807) is 30.3 Å². The number of esters is 1. The second-order valence-corrected chi connectivity index (χ2v) is 5.77. The van der Waals surface area contributed by atoms with Crippen LogP contribution in [-0.4, -0.2) is 48.7 Å². The van der Waals surface area contributed by atoms with E-state index >= 15 is 0 Å². The maximum Gasteiger partial charge on any atom is 0.331 e. The van der Waals surface area contributed by atoms with Crippen LogP contribution in [0.4, 0.5) is 0 Å². The third-order valence-corrected chi connectivity index (χ3v) is 3.73. The second kappa shape index (κ2) is 10.7. The van der Waals surface area contributed by atoms with Gasteiger partial charge in [-0.15, -0.1) is 0 Å². The highest BCUT2D eigenvalue weighted by atomic mass is 16.5. The minimum atomic E-state index is -1.24. The first kappa shape index (κ1) is 20.1. The molecule has 0 aliphatic heterocycles. The first-order valence-electron chi connectivity index (χ1n) is 8.54. The maximum atomic E-state index is 12.0. The van der Waals surface area contributed by atoms with Crippen LogP contribution >= 0.6 is 0 Å². The quantitative estimate of drug-likeness (QED) is 0.563. The molecule has 0 spiro atoms. The van der Waals surface area contributed by atoms with Gasteiger partial charge in [0.2, 0.25) is 0 Å². The molecule has 1 atom stereocenters. The van der Waals surface area contributed by atoms with Gasteiger partial charge in [-0.3, -0.25) is 9.59 Å². The molecule has 27 heavy (non-hydrogen) atoms. The fourth-order valence-corrected chi connectivity index (χ4v) is 2.29. The number of ether oxygens (including phenoxy) is 1. The van der Waals surface area contributed by atoms with Crippen LogP contribution in [0.3, 0.4) is 0 Å². The van der Waals surface area contributed by atoms with Crippen molar-refractivity contribution in [2.45, 2.75) is 12.5 Å². The Hall–Kier alpha value is -3.19. The Morgan fingerprint density at radius 2 is 1.59 bits per heavy atom. The molecule has 0 saturated carbocycles. The molecule has 1 unspecified atom stereocenters. The van der Waals surface area contributed by atoms with Crippen LogP contribution in [0, 0.1) is 0 Å². The largest absolute Gasteiger partial charge is 0.454 e. The summed E-state index contributed by atoms with van der Waals surface area (Å²) in [6.45, 7) is -0.701. The van der Waals surface area contributed by atoms with E-state index in [4.69, 9.17) is 4.74 Å². The van der Waals surface area contributed by atoms with Crippen molar-refractivity contribution >= 4 is 17.8 Å². The highest BCUT2D eigenvalue weighted by molar-refractivity contribution is 5.97. The van der Waals surface area contributed by atoms with E-state index < -0.39 is 37.0 Å². The predicted molar refractivity (Wildman–Crippen MR) is 98.9 cm³/mol. The fraction of sp³-hybridized carbons (Fsp3) is 0.250. The summed E-state index contributed by atoms with van der Waals surface area (Å²) in [6, 6.07) is 16.7. The van der Waals surface area contributed by atoms with E-state index in [0.717, 1.165) is 5.56 Å². The average molecular weight is 370 g/mol. The number of carbonyl (C=O) groups is 3. The van der Waals surface area contributed by atoms with E-state index in [-0.39, 0.29) is 0 Å². The van der Waals surface area contributed by atoms with Crippen molar-refractivity contribution in [2.75, 3.05) is 19.8 Å². The third kappa shape index (κ3) is 6.91. The minimum absolute atomic E-state index is 0.349. The summed E-state index contributed by atoms with van der Waals surface area (Å²) in [6.07, 6.45) is 0.660. The van der Waals surface area contributed by atoms with Crippen molar-refractivity contribution in [3.05, 3.63) is 71.8 Å². The number of carbonyl (C=O) groups excluding carboxylic acids is 3. The molecule has 2 amide bonds. The molecule has 0 radical (unpaired) electrons. The highest BCUT2D eigenvalue weighted by Gasteiger charge is 2.22. The molecule has 0 aliphatic rings. The minimum Gasteiger partial charge on any atom is -0.454 e. The molecule has 0 aromatic heterocycles. The molecular weight excluding hydrogens is 348 g/mol. The molecule has 2 rings (SSSR count). The number of hydrogen-bond acceptors (Lipinski definition) is 5. The lowest BCUT2D eigenvalue weighted by Gasteiger charge is -2.15. The SMILES string of the molecule is O=C(COC(=O)C(CO)NC(=O)c1ccccc1)NCCc1ccccc1. The van der Waals surface area contributed by atoms with Gasteiger partial charge in [0.1, 0.15) is 0 Å². The van der Waals surface area contributed by atoms with E-state index in [0.29, 0.717) is 18.5 Å². The average Bonchev–Trinajstić information content (AvgIpc) is 2.71. The molecule has 0 heterocycles. The fourth-order valence-electron chi connectivity index (χ4n) is 2.29. The monoisotopic (exact) mass is 370 g/mol. The summed E-state index contributed by atoms with van der Waals surface area (Å²) in [5.74, 6) is -1.84. The number of aliphatic hydroxyl groups excluding tert-OH is 1. The highest BCUT2D eigenvalue weighted by Crippen LogP contribution is 2.00. The Labute approximate surface area is 157 Å². The Morgan fingerprint density at radius 3 is 2.22 bits per heavy atom. The first-order valence-corrected chi connectivity index (χ1v) is 8.54.